The summed E-state index contributed by atoms with van der Waals surface area (Å²) in [6.45, 7) is 4.70. The maximum Gasteiger partial charge on any atom is 0.416 e. The third-order valence-electron chi connectivity index (χ3n) is 4.98. The molecule has 2 fully saturated rings. The Labute approximate surface area is 135 Å². The minimum absolute atomic E-state index is 0.115. The lowest BCUT2D eigenvalue weighted by molar-refractivity contribution is -0.137. The van der Waals surface area contributed by atoms with Crippen LogP contribution in [0.2, 0.25) is 0 Å². The molecule has 2 bridgehead atoms. The van der Waals surface area contributed by atoms with Crippen molar-refractivity contribution >= 4 is 18.1 Å². The monoisotopic (exact) mass is 322 g/mol. The molecule has 4 rings (SSSR count). The zero-order valence-corrected chi connectivity index (χ0v) is 13.6. The predicted molar refractivity (Wildman–Crippen MR) is 80.5 cm³/mol. The van der Waals surface area contributed by atoms with Crippen LogP contribution >= 0.6 is 0 Å². The lowest BCUT2D eigenvalue weighted by Gasteiger charge is -2.45. The van der Waals surface area contributed by atoms with Gasteiger partial charge in [0.05, 0.1) is 25.1 Å². The summed E-state index contributed by atoms with van der Waals surface area (Å²) < 4.78 is 9.88. The van der Waals surface area contributed by atoms with E-state index in [9.17, 15) is 14.4 Å². The van der Waals surface area contributed by atoms with Crippen molar-refractivity contribution in [2.24, 2.45) is 17.8 Å². The second-order valence-corrected chi connectivity index (χ2v) is 6.70. The Morgan fingerprint density at radius 1 is 1.35 bits per heavy atom. The predicted octanol–water partition coefficient (Wildman–Crippen LogP) is 1.63. The van der Waals surface area contributed by atoms with Crippen molar-refractivity contribution in [3.05, 3.63) is 12.2 Å². The van der Waals surface area contributed by atoms with Gasteiger partial charge in [-0.2, -0.15) is 0 Å². The number of fused-ring (bicyclic) bond motifs is 2. The summed E-state index contributed by atoms with van der Waals surface area (Å²) in [5, 5.41) is 0. The van der Waals surface area contributed by atoms with Crippen LogP contribution < -0.4 is 0 Å². The average molecular weight is 322 g/mol. The van der Waals surface area contributed by atoms with Crippen molar-refractivity contribution in [3.63, 3.8) is 0 Å². The molecule has 3 aliphatic heterocycles. The first-order valence-corrected chi connectivity index (χ1v) is 7.96. The van der Waals surface area contributed by atoms with Crippen molar-refractivity contribution in [2.45, 2.75) is 32.4 Å². The number of piperidine rings is 1. The first-order chi connectivity index (χ1) is 10.9. The molecule has 0 spiro atoms. The van der Waals surface area contributed by atoms with Gasteiger partial charge in [-0.15, -0.1) is 0 Å². The second kappa shape index (κ2) is 5.86. The summed E-state index contributed by atoms with van der Waals surface area (Å²) >= 11 is 0. The fourth-order valence-electron chi connectivity index (χ4n) is 3.70. The van der Waals surface area contributed by atoms with E-state index in [1.54, 1.807) is 4.90 Å². The molecule has 2 saturated heterocycles. The molecule has 126 valence electrons. The van der Waals surface area contributed by atoms with Gasteiger partial charge >= 0.3 is 12.2 Å². The van der Waals surface area contributed by atoms with Gasteiger partial charge in [-0.3, -0.25) is 4.79 Å². The van der Waals surface area contributed by atoms with Gasteiger partial charge < -0.3 is 14.4 Å². The van der Waals surface area contributed by atoms with E-state index >= 15 is 0 Å². The highest BCUT2D eigenvalue weighted by Gasteiger charge is 2.49. The van der Waals surface area contributed by atoms with E-state index in [4.69, 9.17) is 9.47 Å². The molecule has 0 aromatic heterocycles. The van der Waals surface area contributed by atoms with Gasteiger partial charge in [0.2, 0.25) is 5.91 Å². The normalized spacial score (nSPS) is 32.4. The number of hydrogen-bond acceptors (Lipinski definition) is 5. The van der Waals surface area contributed by atoms with E-state index in [-0.39, 0.29) is 36.4 Å². The Morgan fingerprint density at radius 2 is 2.09 bits per heavy atom. The number of imide groups is 1. The van der Waals surface area contributed by atoms with E-state index < -0.39 is 18.1 Å². The molecular formula is C16H22N2O5. The quantitative estimate of drug-likeness (QED) is 0.722. The molecular weight excluding hydrogens is 300 g/mol. The van der Waals surface area contributed by atoms with E-state index in [1.165, 1.54) is 12.0 Å². The van der Waals surface area contributed by atoms with Crippen molar-refractivity contribution in [3.8, 4) is 0 Å². The lowest BCUT2D eigenvalue weighted by atomic mass is 9.77. The minimum atomic E-state index is -0.580. The Balaban J connectivity index is 1.83. The fourth-order valence-corrected chi connectivity index (χ4v) is 3.70. The number of hydrogen-bond donors (Lipinski definition) is 0. The Kier molecular flexibility index (Phi) is 4.04. The summed E-state index contributed by atoms with van der Waals surface area (Å²) in [4.78, 5) is 39.8. The van der Waals surface area contributed by atoms with E-state index in [0.717, 1.165) is 0 Å². The Morgan fingerprint density at radius 3 is 2.70 bits per heavy atom. The average Bonchev–Trinajstić information content (AvgIpc) is 2.95. The largest absolute Gasteiger partial charge is 0.453 e. The summed E-state index contributed by atoms with van der Waals surface area (Å²) in [7, 11) is 1.33. The molecule has 7 nitrogen and oxygen atoms in total. The third kappa shape index (κ3) is 2.58. The van der Waals surface area contributed by atoms with Gasteiger partial charge in [-0.05, 0) is 18.3 Å². The van der Waals surface area contributed by atoms with Crippen molar-refractivity contribution in [2.75, 3.05) is 20.3 Å². The first-order valence-electron chi connectivity index (χ1n) is 7.96. The summed E-state index contributed by atoms with van der Waals surface area (Å²) in [6, 6.07) is -0.604. The zero-order chi connectivity index (χ0) is 16.7. The van der Waals surface area contributed by atoms with Crippen LogP contribution in [0.15, 0.2) is 12.2 Å². The molecule has 0 N–H and O–H groups in total. The van der Waals surface area contributed by atoms with E-state index in [0.29, 0.717) is 13.0 Å². The van der Waals surface area contributed by atoms with Crippen molar-refractivity contribution in [1.29, 1.82) is 0 Å². The maximum absolute atomic E-state index is 13.0. The van der Waals surface area contributed by atoms with Gasteiger partial charge in [-0.25, -0.2) is 14.5 Å². The van der Waals surface area contributed by atoms with Gasteiger partial charge in [0.15, 0.2) is 0 Å². The maximum atomic E-state index is 13.0. The second-order valence-electron chi connectivity index (χ2n) is 6.70. The summed E-state index contributed by atoms with van der Waals surface area (Å²) in [5.41, 5.74) is 0. The summed E-state index contributed by atoms with van der Waals surface area (Å²) in [5.74, 6) is -0.438. The standard InChI is InChI=1S/C16H22N2O5/c1-9(2)13-8-23-16(21)18(13)14(19)11-6-10-4-5-12(11)17(7-10)15(20)22-3/h4-5,9-13H,6-8H2,1-3H3/t10-,11-,12+,13-/m1/s1. The number of carbonyl (C=O) groups excluding carboxylic acids is 3. The number of carbonyl (C=O) groups is 3. The molecule has 1 aliphatic carbocycles. The first kappa shape index (κ1) is 15.8. The topological polar surface area (TPSA) is 76.2 Å². The molecule has 0 saturated carbocycles. The van der Waals surface area contributed by atoms with Gasteiger partial charge in [0.1, 0.15) is 6.61 Å². The SMILES string of the molecule is COC(=O)N1C[C@@H]2C=C[C@H]1[C@H](C(=O)N1C(=O)OC[C@@H]1C(C)C)C2. The van der Waals surface area contributed by atoms with Crippen LogP contribution in [-0.2, 0) is 14.3 Å². The third-order valence-corrected chi connectivity index (χ3v) is 4.98. The fraction of sp³-hybridized carbons (Fsp3) is 0.688. The highest BCUT2D eigenvalue weighted by atomic mass is 16.6. The molecule has 4 aliphatic rings. The number of rotatable bonds is 2. The van der Waals surface area contributed by atoms with Crippen molar-refractivity contribution < 1.29 is 23.9 Å². The van der Waals surface area contributed by atoms with Gasteiger partial charge in [0, 0.05) is 6.54 Å². The van der Waals surface area contributed by atoms with Crippen LogP contribution in [0.4, 0.5) is 9.59 Å². The molecule has 0 aromatic rings. The molecule has 4 atom stereocenters. The summed E-state index contributed by atoms with van der Waals surface area (Å²) in [6.07, 6.45) is 3.54. The van der Waals surface area contributed by atoms with Crippen LogP contribution in [0.25, 0.3) is 0 Å². The molecule has 0 unspecified atom stereocenters. The highest BCUT2D eigenvalue weighted by molar-refractivity contribution is 5.95. The van der Waals surface area contributed by atoms with Crippen molar-refractivity contribution in [1.82, 2.24) is 9.80 Å². The molecule has 23 heavy (non-hydrogen) atoms. The Bertz CT molecular complexity index is 559. The number of amides is 3. The molecule has 3 amide bonds. The highest BCUT2D eigenvalue weighted by Crippen LogP contribution is 2.37. The van der Waals surface area contributed by atoms with Gasteiger partial charge in [-0.1, -0.05) is 26.0 Å². The number of ether oxygens (including phenoxy) is 2. The van der Waals surface area contributed by atoms with Crippen LogP contribution in [0.1, 0.15) is 20.3 Å². The van der Waals surface area contributed by atoms with Crippen LogP contribution in [-0.4, -0.2) is 60.2 Å². The Hall–Kier alpha value is -2.05. The van der Waals surface area contributed by atoms with Crippen LogP contribution in [0.3, 0.4) is 0 Å². The van der Waals surface area contributed by atoms with Crippen LogP contribution in [0.5, 0.6) is 0 Å². The minimum Gasteiger partial charge on any atom is -0.453 e. The van der Waals surface area contributed by atoms with Gasteiger partial charge in [0.25, 0.3) is 0 Å². The molecule has 0 radical (unpaired) electrons. The number of methoxy groups -OCH3 is 1. The molecule has 3 heterocycles. The smallest absolute Gasteiger partial charge is 0.416 e. The van der Waals surface area contributed by atoms with E-state index in [1.807, 2.05) is 26.0 Å². The van der Waals surface area contributed by atoms with E-state index in [2.05, 4.69) is 0 Å². The number of nitrogens with zero attached hydrogens (tertiary/aromatic N) is 2. The van der Waals surface area contributed by atoms with Crippen LogP contribution in [0, 0.1) is 17.8 Å². The zero-order valence-electron chi connectivity index (χ0n) is 13.6. The molecule has 7 heteroatoms. The lowest BCUT2D eigenvalue weighted by Crippen LogP contribution is -2.58. The molecule has 0 aromatic carbocycles. The number of cyclic esters (lactones) is 1.